The first-order valence-corrected chi connectivity index (χ1v) is 9.51. The van der Waals surface area contributed by atoms with Gasteiger partial charge in [-0.25, -0.2) is 0 Å². The lowest BCUT2D eigenvalue weighted by Crippen LogP contribution is -2.05. The smallest absolute Gasteiger partial charge is 0.213 e. The van der Waals surface area contributed by atoms with Crippen LogP contribution in [0, 0.1) is 0 Å². The number of aromatic hydroxyl groups is 2. The van der Waals surface area contributed by atoms with E-state index in [0.29, 0.717) is 10.6 Å². The summed E-state index contributed by atoms with van der Waals surface area (Å²) < 4.78 is 2.22. The summed E-state index contributed by atoms with van der Waals surface area (Å²) in [5.74, 6) is -0.220. The maximum absolute atomic E-state index is 10.4. The summed E-state index contributed by atoms with van der Waals surface area (Å²) in [7, 11) is 0. The SMILES string of the molecule is N/C(=N\N=C\c1cccs1)Sc1cc(O)n(-c2ccc(Br)cc2)c1O. The minimum absolute atomic E-state index is 0.0998. The van der Waals surface area contributed by atoms with Crippen molar-refractivity contribution < 1.29 is 10.2 Å². The van der Waals surface area contributed by atoms with Crippen molar-refractivity contribution in [2.75, 3.05) is 0 Å². The van der Waals surface area contributed by atoms with Crippen molar-refractivity contribution in [3.05, 3.63) is 57.2 Å². The third kappa shape index (κ3) is 4.25. The second kappa shape index (κ2) is 7.77. The predicted molar refractivity (Wildman–Crippen MR) is 106 cm³/mol. The summed E-state index contributed by atoms with van der Waals surface area (Å²) in [6.07, 6.45) is 1.60. The van der Waals surface area contributed by atoms with Crippen LogP contribution >= 0.6 is 39.0 Å². The van der Waals surface area contributed by atoms with Gasteiger partial charge in [-0.2, -0.15) is 5.10 Å². The summed E-state index contributed by atoms with van der Waals surface area (Å²) in [6, 6.07) is 12.4. The van der Waals surface area contributed by atoms with Crippen molar-refractivity contribution in [1.82, 2.24) is 4.57 Å². The van der Waals surface area contributed by atoms with Crippen molar-refractivity contribution in [2.24, 2.45) is 15.9 Å². The van der Waals surface area contributed by atoms with E-state index in [1.807, 2.05) is 29.6 Å². The van der Waals surface area contributed by atoms with E-state index in [0.717, 1.165) is 21.1 Å². The Morgan fingerprint density at radius 1 is 1.24 bits per heavy atom. The highest BCUT2D eigenvalue weighted by atomic mass is 79.9. The number of hydrogen-bond acceptors (Lipinski definition) is 6. The Morgan fingerprint density at radius 3 is 2.68 bits per heavy atom. The zero-order valence-electron chi connectivity index (χ0n) is 12.7. The Labute approximate surface area is 160 Å². The lowest BCUT2D eigenvalue weighted by Gasteiger charge is -2.07. The van der Waals surface area contributed by atoms with Crippen LogP contribution < -0.4 is 5.73 Å². The molecule has 0 amide bonds. The minimum atomic E-state index is -0.120. The Balaban J connectivity index is 1.79. The molecule has 0 aliphatic rings. The van der Waals surface area contributed by atoms with Crippen LogP contribution in [-0.4, -0.2) is 26.2 Å². The molecule has 0 radical (unpaired) electrons. The molecule has 0 unspecified atom stereocenters. The zero-order chi connectivity index (χ0) is 17.8. The second-order valence-electron chi connectivity index (χ2n) is 4.80. The van der Waals surface area contributed by atoms with E-state index >= 15 is 0 Å². The van der Waals surface area contributed by atoms with Crippen molar-refractivity contribution in [3.8, 4) is 17.4 Å². The Kier molecular flexibility index (Phi) is 5.47. The van der Waals surface area contributed by atoms with E-state index in [4.69, 9.17) is 5.73 Å². The molecular formula is C16H13BrN4O2S2. The molecule has 0 fully saturated rings. The van der Waals surface area contributed by atoms with E-state index in [1.165, 1.54) is 22.0 Å². The molecule has 4 N–H and O–H groups in total. The van der Waals surface area contributed by atoms with Gasteiger partial charge >= 0.3 is 0 Å². The second-order valence-corrected chi connectivity index (χ2v) is 7.76. The topological polar surface area (TPSA) is 96.1 Å². The summed E-state index contributed by atoms with van der Waals surface area (Å²) in [6.45, 7) is 0. The Bertz CT molecular complexity index is 919. The van der Waals surface area contributed by atoms with Crippen molar-refractivity contribution >= 4 is 50.4 Å². The van der Waals surface area contributed by atoms with Gasteiger partial charge in [0.1, 0.15) is 0 Å². The third-order valence-corrected chi connectivity index (χ3v) is 5.25. The maximum Gasteiger partial charge on any atom is 0.213 e. The van der Waals surface area contributed by atoms with Crippen LogP contribution in [0.2, 0.25) is 0 Å². The number of hydrogen-bond donors (Lipinski definition) is 3. The molecule has 0 saturated carbocycles. The van der Waals surface area contributed by atoms with Gasteiger partial charge in [0, 0.05) is 15.4 Å². The number of benzene rings is 1. The highest BCUT2D eigenvalue weighted by Crippen LogP contribution is 2.38. The highest BCUT2D eigenvalue weighted by molar-refractivity contribution is 9.10. The largest absolute Gasteiger partial charge is 0.494 e. The number of rotatable bonds is 4. The molecule has 9 heteroatoms. The molecule has 0 aliphatic heterocycles. The van der Waals surface area contributed by atoms with Gasteiger partial charge < -0.3 is 15.9 Å². The number of nitrogens with two attached hydrogens (primary N) is 1. The first-order valence-electron chi connectivity index (χ1n) is 7.02. The van der Waals surface area contributed by atoms with E-state index in [2.05, 4.69) is 26.1 Å². The van der Waals surface area contributed by atoms with Crippen molar-refractivity contribution in [2.45, 2.75) is 4.90 Å². The van der Waals surface area contributed by atoms with Crippen molar-refractivity contribution in [3.63, 3.8) is 0 Å². The Morgan fingerprint density at radius 2 is 2.00 bits per heavy atom. The monoisotopic (exact) mass is 436 g/mol. The number of nitrogens with zero attached hydrogens (tertiary/aromatic N) is 3. The van der Waals surface area contributed by atoms with Gasteiger partial charge in [-0.1, -0.05) is 22.0 Å². The summed E-state index contributed by atoms with van der Waals surface area (Å²) in [5, 5.41) is 30.4. The van der Waals surface area contributed by atoms with Gasteiger partial charge in [-0.05, 0) is 47.5 Å². The van der Waals surface area contributed by atoms with Gasteiger partial charge in [0.25, 0.3) is 0 Å². The van der Waals surface area contributed by atoms with Gasteiger partial charge in [-0.15, -0.1) is 16.4 Å². The molecule has 0 spiro atoms. The van der Waals surface area contributed by atoms with Crippen LogP contribution in [0.5, 0.6) is 11.8 Å². The van der Waals surface area contributed by atoms with E-state index in [1.54, 1.807) is 18.3 Å². The third-order valence-electron chi connectivity index (χ3n) is 3.11. The number of amidine groups is 1. The quantitative estimate of drug-likeness (QED) is 0.247. The molecule has 2 aromatic heterocycles. The minimum Gasteiger partial charge on any atom is -0.494 e. The molecule has 0 bridgehead atoms. The fraction of sp³-hybridized carbons (Fsp3) is 0. The van der Waals surface area contributed by atoms with E-state index in [9.17, 15) is 10.2 Å². The lowest BCUT2D eigenvalue weighted by atomic mass is 10.3. The molecular weight excluding hydrogens is 424 g/mol. The molecule has 1 aromatic carbocycles. The molecule has 25 heavy (non-hydrogen) atoms. The van der Waals surface area contributed by atoms with Crippen molar-refractivity contribution in [1.29, 1.82) is 0 Å². The van der Waals surface area contributed by atoms with E-state index < -0.39 is 0 Å². The molecule has 0 atom stereocenters. The van der Waals surface area contributed by atoms with Crippen LogP contribution in [0.3, 0.4) is 0 Å². The fourth-order valence-corrected chi connectivity index (χ4v) is 3.53. The number of thiophene rings is 1. The average Bonchev–Trinajstić information content (AvgIpc) is 3.18. The van der Waals surface area contributed by atoms with Crippen LogP contribution in [-0.2, 0) is 0 Å². The predicted octanol–water partition coefficient (Wildman–Crippen LogP) is 4.15. The number of aromatic nitrogens is 1. The van der Waals surface area contributed by atoms with Gasteiger partial charge in [0.2, 0.25) is 5.88 Å². The van der Waals surface area contributed by atoms with Gasteiger partial charge in [0.05, 0.1) is 16.8 Å². The summed E-state index contributed by atoms with van der Waals surface area (Å²) in [4.78, 5) is 1.34. The molecule has 3 aromatic rings. The van der Waals surface area contributed by atoms with Crippen LogP contribution in [0.4, 0.5) is 0 Å². The van der Waals surface area contributed by atoms with Crippen LogP contribution in [0.1, 0.15) is 4.88 Å². The first kappa shape index (κ1) is 17.6. The van der Waals surface area contributed by atoms with Crippen LogP contribution in [0.15, 0.2) is 67.4 Å². The normalized spacial score (nSPS) is 12.1. The zero-order valence-corrected chi connectivity index (χ0v) is 15.9. The van der Waals surface area contributed by atoms with E-state index in [-0.39, 0.29) is 16.9 Å². The standard InChI is InChI=1S/C16H13BrN4O2S2/c17-10-3-5-11(6-4-10)21-14(22)8-13(15(21)23)25-16(18)20-19-9-12-2-1-7-24-12/h1-9,22-23H,(H2,18,20)/b19-9+. The molecule has 6 nitrogen and oxygen atoms in total. The lowest BCUT2D eigenvalue weighted by molar-refractivity contribution is 0.398. The van der Waals surface area contributed by atoms with Gasteiger partial charge in [-0.3, -0.25) is 4.57 Å². The summed E-state index contributed by atoms with van der Waals surface area (Å²) in [5.41, 5.74) is 6.45. The number of halogens is 1. The maximum atomic E-state index is 10.4. The Hall–Kier alpha value is -2.23. The molecule has 0 aliphatic carbocycles. The van der Waals surface area contributed by atoms with Crippen LogP contribution in [0.25, 0.3) is 5.69 Å². The first-order chi connectivity index (χ1) is 12.0. The van der Waals surface area contributed by atoms with Gasteiger partial charge in [0.15, 0.2) is 11.0 Å². The molecule has 3 rings (SSSR count). The molecule has 2 heterocycles. The molecule has 128 valence electrons. The summed E-state index contributed by atoms with van der Waals surface area (Å²) >= 11 is 5.90. The fourth-order valence-electron chi connectivity index (χ4n) is 2.03. The molecule has 0 saturated heterocycles. The highest BCUT2D eigenvalue weighted by Gasteiger charge is 2.17. The average molecular weight is 437 g/mol. The number of thioether (sulfide) groups is 1.